The Balaban J connectivity index is 1.76. The minimum Gasteiger partial charge on any atom is -0.477 e. The molecular weight excluding hydrogens is 337 g/mol. The number of pyridine rings is 1. The quantitative estimate of drug-likeness (QED) is 0.828. The number of fused-ring (bicyclic) bond motifs is 5. The van der Waals surface area contributed by atoms with Gasteiger partial charge in [0.2, 0.25) is 0 Å². The molecule has 1 N–H and O–H groups in total. The topological polar surface area (TPSA) is 65.8 Å². The van der Waals surface area contributed by atoms with Crippen molar-refractivity contribution < 1.29 is 14.3 Å². The van der Waals surface area contributed by atoms with E-state index in [1.54, 1.807) is 16.7 Å². The molecule has 1 aliphatic carbocycles. The van der Waals surface area contributed by atoms with Crippen molar-refractivity contribution in [3.8, 4) is 0 Å². The van der Waals surface area contributed by atoms with Crippen molar-refractivity contribution in [2.24, 2.45) is 0 Å². The maximum absolute atomic E-state index is 16.0. The molecule has 1 aromatic heterocycles. The molecule has 0 radical (unpaired) electrons. The molecule has 2 bridgehead atoms. The van der Waals surface area contributed by atoms with E-state index in [1.807, 2.05) is 11.8 Å². The third kappa shape index (κ3) is 2.70. The van der Waals surface area contributed by atoms with Crippen molar-refractivity contribution in [3.63, 3.8) is 0 Å². The molecule has 26 heavy (non-hydrogen) atoms. The number of piperidine rings is 1. The molecule has 1 aromatic rings. The fourth-order valence-corrected chi connectivity index (χ4v) is 4.60. The minimum absolute atomic E-state index is 0.0880. The van der Waals surface area contributed by atoms with Gasteiger partial charge in [-0.2, -0.15) is 0 Å². The molecule has 4 heterocycles. The van der Waals surface area contributed by atoms with Gasteiger partial charge in [0.1, 0.15) is 5.56 Å². The van der Waals surface area contributed by atoms with Gasteiger partial charge < -0.3 is 14.6 Å². The van der Waals surface area contributed by atoms with Gasteiger partial charge in [0.05, 0.1) is 0 Å². The van der Waals surface area contributed by atoms with E-state index in [4.69, 9.17) is 0 Å². The summed E-state index contributed by atoms with van der Waals surface area (Å²) in [6.07, 6.45) is 6.36. The van der Waals surface area contributed by atoms with Crippen LogP contribution in [-0.2, 0) is 13.0 Å². The smallest absolute Gasteiger partial charge is 0.341 e. The lowest BCUT2D eigenvalue weighted by Crippen LogP contribution is -2.53. The number of aromatic carboxylic acids is 1. The van der Waals surface area contributed by atoms with Crippen LogP contribution in [0, 0.1) is 0 Å². The number of rotatable bonds is 3. The molecule has 5 rings (SSSR count). The average Bonchev–Trinajstić information content (AvgIpc) is 2.97. The first kappa shape index (κ1) is 17.4. The number of alkyl halides is 1. The van der Waals surface area contributed by atoms with Gasteiger partial charge in [-0.3, -0.25) is 9.69 Å². The number of carboxylic acids is 1. The van der Waals surface area contributed by atoms with Crippen LogP contribution in [-0.4, -0.2) is 63.5 Å². The first-order valence-corrected chi connectivity index (χ1v) is 9.30. The van der Waals surface area contributed by atoms with E-state index in [2.05, 4.69) is 4.90 Å². The molecule has 3 saturated heterocycles. The molecule has 6 nitrogen and oxygen atoms in total. The molecule has 4 aliphatic rings. The van der Waals surface area contributed by atoms with Crippen LogP contribution in [0.15, 0.2) is 17.1 Å². The molecule has 3 fully saturated rings. The van der Waals surface area contributed by atoms with Crippen molar-refractivity contribution in [1.29, 1.82) is 0 Å². The third-order valence-electron chi connectivity index (χ3n) is 6.05. The van der Waals surface area contributed by atoms with Crippen LogP contribution in [0.3, 0.4) is 0 Å². The Morgan fingerprint density at radius 3 is 2.69 bits per heavy atom. The predicted molar refractivity (Wildman–Crippen MR) is 96.1 cm³/mol. The number of halogens is 1. The standard InChI is InChI=1S/C19H24FN3O3/c1-2-22-12-15(18(25)26)17(24)14-11-19(20,6-3-16(14)22)23-10-9-21-7-4-13(23)5-8-21/h3,6,12-13H,2,4-5,7-11H2,1H3,(H,25,26). The number of aryl methyl sites for hydroxylation is 1. The highest BCUT2D eigenvalue weighted by Gasteiger charge is 2.44. The summed E-state index contributed by atoms with van der Waals surface area (Å²) in [5.74, 6) is -3.00. The highest BCUT2D eigenvalue weighted by atomic mass is 19.1. The van der Waals surface area contributed by atoms with E-state index in [9.17, 15) is 14.7 Å². The van der Waals surface area contributed by atoms with Gasteiger partial charge in [-0.15, -0.1) is 0 Å². The molecule has 0 spiro atoms. The van der Waals surface area contributed by atoms with E-state index in [0.29, 0.717) is 18.8 Å². The third-order valence-corrected chi connectivity index (χ3v) is 6.05. The zero-order valence-electron chi connectivity index (χ0n) is 14.9. The van der Waals surface area contributed by atoms with Gasteiger partial charge in [0, 0.05) is 49.6 Å². The van der Waals surface area contributed by atoms with Crippen molar-refractivity contribution in [1.82, 2.24) is 14.4 Å². The zero-order chi connectivity index (χ0) is 18.5. The van der Waals surface area contributed by atoms with Crippen LogP contribution in [0.4, 0.5) is 4.39 Å². The Morgan fingerprint density at radius 1 is 1.31 bits per heavy atom. The maximum atomic E-state index is 16.0. The molecule has 3 aliphatic heterocycles. The second kappa shape index (κ2) is 6.32. The second-order valence-corrected chi connectivity index (χ2v) is 7.42. The lowest BCUT2D eigenvalue weighted by Gasteiger charge is -2.41. The molecule has 0 aromatic carbocycles. The molecule has 0 amide bonds. The summed E-state index contributed by atoms with van der Waals surface area (Å²) in [6.45, 7) is 5.84. The largest absolute Gasteiger partial charge is 0.477 e. The van der Waals surface area contributed by atoms with Crippen LogP contribution in [0.1, 0.15) is 41.4 Å². The van der Waals surface area contributed by atoms with Crippen LogP contribution < -0.4 is 5.43 Å². The first-order valence-electron chi connectivity index (χ1n) is 9.30. The molecule has 1 unspecified atom stereocenters. The fraction of sp³-hybridized carbons (Fsp3) is 0.579. The summed E-state index contributed by atoms with van der Waals surface area (Å²) in [6, 6.07) is 0.168. The highest BCUT2D eigenvalue weighted by molar-refractivity contribution is 5.87. The lowest BCUT2D eigenvalue weighted by atomic mass is 9.91. The normalized spacial score (nSPS) is 30.8. The SMILES string of the molecule is CCn1cc(C(=O)O)c(=O)c2c1C=CC(F)(N1CCN3CCC1CC3)C2. The lowest BCUT2D eigenvalue weighted by molar-refractivity contribution is -0.0208. The van der Waals surface area contributed by atoms with Crippen molar-refractivity contribution >= 4 is 12.0 Å². The summed E-state index contributed by atoms with van der Waals surface area (Å²) in [5, 5.41) is 9.35. The van der Waals surface area contributed by atoms with E-state index in [-0.39, 0.29) is 23.6 Å². The van der Waals surface area contributed by atoms with E-state index < -0.39 is 17.2 Å². The van der Waals surface area contributed by atoms with Gasteiger partial charge in [-0.05, 0) is 45.0 Å². The van der Waals surface area contributed by atoms with Crippen LogP contribution in [0.25, 0.3) is 6.08 Å². The Kier molecular flexibility index (Phi) is 4.23. The Hall–Kier alpha value is -1.99. The number of carbonyl (C=O) groups is 1. The summed E-state index contributed by atoms with van der Waals surface area (Å²) in [7, 11) is 0. The fourth-order valence-electron chi connectivity index (χ4n) is 4.60. The van der Waals surface area contributed by atoms with E-state index >= 15 is 4.39 Å². The molecule has 7 heteroatoms. The van der Waals surface area contributed by atoms with Crippen LogP contribution >= 0.6 is 0 Å². The number of aromatic nitrogens is 1. The summed E-state index contributed by atoms with van der Waals surface area (Å²) < 4.78 is 17.8. The Morgan fingerprint density at radius 2 is 2.04 bits per heavy atom. The van der Waals surface area contributed by atoms with Gasteiger partial charge in [-0.1, -0.05) is 0 Å². The number of hydrogen-bond donors (Lipinski definition) is 1. The molecule has 1 atom stereocenters. The van der Waals surface area contributed by atoms with Crippen molar-refractivity contribution in [2.75, 3.05) is 26.2 Å². The molecule has 140 valence electrons. The van der Waals surface area contributed by atoms with Gasteiger partial charge >= 0.3 is 5.97 Å². The molecule has 0 saturated carbocycles. The van der Waals surface area contributed by atoms with Crippen molar-refractivity contribution in [3.05, 3.63) is 39.3 Å². The Labute approximate surface area is 151 Å². The van der Waals surface area contributed by atoms with Gasteiger partial charge in [0.25, 0.3) is 0 Å². The zero-order valence-corrected chi connectivity index (χ0v) is 14.9. The summed E-state index contributed by atoms with van der Waals surface area (Å²) in [4.78, 5) is 28.4. The van der Waals surface area contributed by atoms with E-state index in [1.165, 1.54) is 6.20 Å². The minimum atomic E-state index is -1.74. The van der Waals surface area contributed by atoms with Crippen LogP contribution in [0.5, 0.6) is 0 Å². The number of carboxylic acid groups (broad SMARTS) is 1. The maximum Gasteiger partial charge on any atom is 0.341 e. The Bertz CT molecular complexity index is 826. The average molecular weight is 361 g/mol. The van der Waals surface area contributed by atoms with Gasteiger partial charge in [0.15, 0.2) is 11.2 Å². The van der Waals surface area contributed by atoms with Crippen LogP contribution in [0.2, 0.25) is 0 Å². The highest BCUT2D eigenvalue weighted by Crippen LogP contribution is 2.36. The summed E-state index contributed by atoms with van der Waals surface area (Å²) in [5.41, 5.74) is 0.0482. The first-order chi connectivity index (χ1) is 12.4. The number of hydrogen-bond acceptors (Lipinski definition) is 4. The van der Waals surface area contributed by atoms with E-state index in [0.717, 1.165) is 32.5 Å². The van der Waals surface area contributed by atoms with Gasteiger partial charge in [-0.25, -0.2) is 9.18 Å². The van der Waals surface area contributed by atoms with Crippen molar-refractivity contribution in [2.45, 2.75) is 44.6 Å². The molecular formula is C19H24FN3O3. The predicted octanol–water partition coefficient (Wildman–Crippen LogP) is 1.58. The second-order valence-electron chi connectivity index (χ2n) is 7.42. The number of nitrogens with zero attached hydrogens (tertiary/aromatic N) is 3. The monoisotopic (exact) mass is 361 g/mol. The summed E-state index contributed by atoms with van der Waals surface area (Å²) >= 11 is 0.